The molecule has 0 aromatic heterocycles. The fourth-order valence-electron chi connectivity index (χ4n) is 2.64. The molecule has 2 amide bonds. The molecule has 1 aliphatic rings. The van der Waals surface area contributed by atoms with Crippen molar-refractivity contribution in [1.82, 2.24) is 4.90 Å². The van der Waals surface area contributed by atoms with Gasteiger partial charge in [0.2, 0.25) is 11.8 Å². The topological polar surface area (TPSA) is 49.4 Å². The summed E-state index contributed by atoms with van der Waals surface area (Å²) in [4.78, 5) is 25.3. The Morgan fingerprint density at radius 2 is 1.96 bits per heavy atom. The van der Waals surface area contributed by atoms with E-state index in [1.54, 1.807) is 4.90 Å². The molecule has 0 spiro atoms. The smallest absolute Gasteiger partial charge is 0.238 e. The number of thiocarbonyl (C=S) groups is 1. The molecule has 3 rings (SSSR count). The first-order valence-electron chi connectivity index (χ1n) is 7.89. The molecule has 124 valence electrons. The lowest BCUT2D eigenvalue weighted by Gasteiger charge is -2.14. The van der Waals surface area contributed by atoms with Crippen molar-refractivity contribution >= 4 is 56.6 Å². The van der Waals surface area contributed by atoms with Crippen LogP contribution in [-0.4, -0.2) is 33.3 Å². The molecule has 1 fully saturated rings. The maximum Gasteiger partial charge on any atom is 0.238 e. The fraction of sp³-hybridized carbons (Fsp3) is 0.278. The third-order valence-electron chi connectivity index (χ3n) is 3.91. The third kappa shape index (κ3) is 4.13. The van der Waals surface area contributed by atoms with Gasteiger partial charge in [0.25, 0.3) is 0 Å². The monoisotopic (exact) mass is 358 g/mol. The highest BCUT2D eigenvalue weighted by Gasteiger charge is 2.25. The van der Waals surface area contributed by atoms with Crippen molar-refractivity contribution in [2.24, 2.45) is 0 Å². The number of unbranched alkanes of at least 4 members (excludes halogenated alkanes) is 1. The molecule has 24 heavy (non-hydrogen) atoms. The highest BCUT2D eigenvalue weighted by Crippen LogP contribution is 2.21. The lowest BCUT2D eigenvalue weighted by molar-refractivity contribution is -0.124. The van der Waals surface area contributed by atoms with E-state index in [4.69, 9.17) is 12.2 Å². The van der Waals surface area contributed by atoms with Crippen LogP contribution in [0.3, 0.4) is 0 Å². The molecule has 1 saturated heterocycles. The maximum absolute atomic E-state index is 12.1. The first-order valence-corrected chi connectivity index (χ1v) is 9.28. The van der Waals surface area contributed by atoms with Gasteiger partial charge in [-0.15, -0.1) is 0 Å². The van der Waals surface area contributed by atoms with Gasteiger partial charge in [0.05, 0.1) is 5.75 Å². The number of hydrogen-bond acceptors (Lipinski definition) is 4. The minimum Gasteiger partial charge on any atom is -0.326 e. The lowest BCUT2D eigenvalue weighted by Crippen LogP contribution is -2.29. The van der Waals surface area contributed by atoms with E-state index in [0.29, 0.717) is 23.0 Å². The Labute approximate surface area is 150 Å². The molecule has 1 heterocycles. The number of carbonyl (C=O) groups is 2. The zero-order chi connectivity index (χ0) is 16.9. The second kappa shape index (κ2) is 7.77. The number of hydrogen-bond donors (Lipinski definition) is 1. The standard InChI is InChI=1S/C18H18N2O2S2/c21-16(7-3-4-10-20-17(22)12-24-18(20)23)19-15-9-8-13-5-1-2-6-14(13)11-15/h1-2,5-6,8-9,11H,3-4,7,10,12H2,(H,19,21). The summed E-state index contributed by atoms with van der Waals surface area (Å²) in [7, 11) is 0. The van der Waals surface area contributed by atoms with Crippen LogP contribution in [0.4, 0.5) is 5.69 Å². The van der Waals surface area contributed by atoms with Gasteiger partial charge in [-0.25, -0.2) is 0 Å². The molecule has 0 saturated carbocycles. The SMILES string of the molecule is O=C(CCCCN1C(=O)CSC1=S)Nc1ccc2ccccc2c1. The largest absolute Gasteiger partial charge is 0.326 e. The summed E-state index contributed by atoms with van der Waals surface area (Å²) in [5.74, 6) is 0.516. The highest BCUT2D eigenvalue weighted by molar-refractivity contribution is 8.23. The van der Waals surface area contributed by atoms with Crippen molar-refractivity contribution in [3.8, 4) is 0 Å². The number of nitrogens with zero attached hydrogens (tertiary/aromatic N) is 1. The molecule has 1 aliphatic heterocycles. The van der Waals surface area contributed by atoms with Gasteiger partial charge >= 0.3 is 0 Å². The van der Waals surface area contributed by atoms with Crippen LogP contribution in [0.5, 0.6) is 0 Å². The zero-order valence-electron chi connectivity index (χ0n) is 13.2. The summed E-state index contributed by atoms with van der Waals surface area (Å²) in [5, 5.41) is 5.19. The predicted molar refractivity (Wildman–Crippen MR) is 103 cm³/mol. The lowest BCUT2D eigenvalue weighted by atomic mass is 10.1. The molecule has 0 bridgehead atoms. The molecule has 6 heteroatoms. The Hall–Kier alpha value is -1.92. The zero-order valence-corrected chi connectivity index (χ0v) is 14.8. The van der Waals surface area contributed by atoms with Crippen molar-refractivity contribution in [2.45, 2.75) is 19.3 Å². The van der Waals surface area contributed by atoms with Crippen LogP contribution in [-0.2, 0) is 9.59 Å². The molecule has 1 N–H and O–H groups in total. The van der Waals surface area contributed by atoms with E-state index in [0.717, 1.165) is 29.3 Å². The first-order chi connectivity index (χ1) is 11.6. The Kier molecular flexibility index (Phi) is 5.48. The van der Waals surface area contributed by atoms with Gasteiger partial charge in [-0.05, 0) is 35.7 Å². The second-order valence-electron chi connectivity index (χ2n) is 5.67. The number of rotatable bonds is 6. The Balaban J connectivity index is 1.45. The number of carbonyl (C=O) groups excluding carboxylic acids is 2. The number of fused-ring (bicyclic) bond motifs is 1. The van der Waals surface area contributed by atoms with Crippen LogP contribution in [0, 0.1) is 0 Å². The summed E-state index contributed by atoms with van der Waals surface area (Å²) in [5.41, 5.74) is 0.811. The Morgan fingerprint density at radius 3 is 2.71 bits per heavy atom. The molecule has 0 unspecified atom stereocenters. The van der Waals surface area contributed by atoms with E-state index < -0.39 is 0 Å². The molecular formula is C18H18N2O2S2. The average molecular weight is 358 g/mol. The van der Waals surface area contributed by atoms with E-state index in [1.165, 1.54) is 11.8 Å². The van der Waals surface area contributed by atoms with Crippen molar-refractivity contribution in [2.75, 3.05) is 17.6 Å². The van der Waals surface area contributed by atoms with Gasteiger partial charge in [0.15, 0.2) is 0 Å². The van der Waals surface area contributed by atoms with E-state index in [-0.39, 0.29) is 11.8 Å². The Morgan fingerprint density at radius 1 is 1.17 bits per heavy atom. The van der Waals surface area contributed by atoms with Crippen molar-refractivity contribution in [3.05, 3.63) is 42.5 Å². The van der Waals surface area contributed by atoms with Crippen LogP contribution >= 0.6 is 24.0 Å². The molecular weight excluding hydrogens is 340 g/mol. The number of amides is 2. The van der Waals surface area contributed by atoms with E-state index in [1.807, 2.05) is 42.5 Å². The summed E-state index contributed by atoms with van der Waals surface area (Å²) in [6, 6.07) is 13.9. The minimum absolute atomic E-state index is 0.00465. The third-order valence-corrected chi connectivity index (χ3v) is 5.34. The van der Waals surface area contributed by atoms with Gasteiger partial charge in [-0.3, -0.25) is 14.5 Å². The van der Waals surface area contributed by atoms with Gasteiger partial charge in [0.1, 0.15) is 4.32 Å². The number of anilines is 1. The second-order valence-corrected chi connectivity index (χ2v) is 7.28. The van der Waals surface area contributed by atoms with Gasteiger partial charge < -0.3 is 5.32 Å². The molecule has 2 aromatic rings. The van der Waals surface area contributed by atoms with Crippen LogP contribution in [0.25, 0.3) is 10.8 Å². The highest BCUT2D eigenvalue weighted by atomic mass is 32.2. The summed E-state index contributed by atoms with van der Waals surface area (Å²) >= 11 is 6.54. The predicted octanol–water partition coefficient (Wildman–Crippen LogP) is 3.81. The Bertz CT molecular complexity index is 775. The van der Waals surface area contributed by atoms with Crippen LogP contribution < -0.4 is 5.32 Å². The van der Waals surface area contributed by atoms with Crippen molar-refractivity contribution in [1.29, 1.82) is 0 Å². The average Bonchev–Trinajstić information content (AvgIpc) is 2.90. The summed E-state index contributed by atoms with van der Waals surface area (Å²) in [6.45, 7) is 0.605. The van der Waals surface area contributed by atoms with Crippen molar-refractivity contribution in [3.63, 3.8) is 0 Å². The molecule has 4 nitrogen and oxygen atoms in total. The molecule has 0 radical (unpaired) electrons. The molecule has 0 aliphatic carbocycles. The maximum atomic E-state index is 12.1. The normalized spacial score (nSPS) is 14.4. The number of benzene rings is 2. The van der Waals surface area contributed by atoms with Gasteiger partial charge in [-0.2, -0.15) is 0 Å². The van der Waals surface area contributed by atoms with Crippen LogP contribution in [0.15, 0.2) is 42.5 Å². The molecule has 2 aromatic carbocycles. The number of nitrogens with one attached hydrogen (secondary N) is 1. The quantitative estimate of drug-likeness (QED) is 0.630. The van der Waals surface area contributed by atoms with Gasteiger partial charge in [0, 0.05) is 18.7 Å². The van der Waals surface area contributed by atoms with Crippen molar-refractivity contribution < 1.29 is 9.59 Å². The fourth-order valence-corrected chi connectivity index (χ4v) is 3.76. The minimum atomic E-state index is -0.00465. The molecule has 0 atom stereocenters. The van der Waals surface area contributed by atoms with E-state index in [9.17, 15) is 9.59 Å². The van der Waals surface area contributed by atoms with Crippen LogP contribution in [0.2, 0.25) is 0 Å². The summed E-state index contributed by atoms with van der Waals surface area (Å²) in [6.07, 6.45) is 1.95. The summed E-state index contributed by atoms with van der Waals surface area (Å²) < 4.78 is 0.653. The van der Waals surface area contributed by atoms with E-state index >= 15 is 0 Å². The number of thioether (sulfide) groups is 1. The first kappa shape index (κ1) is 16.9. The van der Waals surface area contributed by atoms with Gasteiger partial charge in [-0.1, -0.05) is 54.3 Å². The van der Waals surface area contributed by atoms with E-state index in [2.05, 4.69) is 5.32 Å². The van der Waals surface area contributed by atoms with Crippen LogP contribution in [0.1, 0.15) is 19.3 Å².